The molecule has 8 heavy (non-hydrogen) atoms. The summed E-state index contributed by atoms with van der Waals surface area (Å²) in [6.07, 6.45) is 0.303. The van der Waals surface area contributed by atoms with Crippen LogP contribution in [-0.4, -0.2) is 19.2 Å². The molecule has 1 fully saturated rings. The van der Waals surface area contributed by atoms with Crippen molar-refractivity contribution in [1.82, 2.24) is 5.32 Å². The van der Waals surface area contributed by atoms with E-state index in [1.165, 1.54) is 0 Å². The molecular weight excluding hydrogens is 102 g/mol. The SMILES string of the molecule is C=C1CCNC[C@H]1[O]. The summed E-state index contributed by atoms with van der Waals surface area (Å²) in [4.78, 5) is 0. The topological polar surface area (TPSA) is 31.9 Å². The minimum Gasteiger partial charge on any atom is -0.313 e. The molecule has 0 aromatic carbocycles. The Bertz CT molecular complexity index is 101. The zero-order valence-electron chi connectivity index (χ0n) is 4.81. The van der Waals surface area contributed by atoms with Gasteiger partial charge in [0.25, 0.3) is 0 Å². The van der Waals surface area contributed by atoms with Crippen molar-refractivity contribution >= 4 is 0 Å². The van der Waals surface area contributed by atoms with Crippen LogP contribution in [0, 0.1) is 0 Å². The van der Waals surface area contributed by atoms with Crippen molar-refractivity contribution in [2.24, 2.45) is 0 Å². The average molecular weight is 112 g/mol. The Balaban J connectivity index is 2.39. The van der Waals surface area contributed by atoms with Crippen molar-refractivity contribution in [1.29, 1.82) is 0 Å². The first kappa shape index (κ1) is 5.79. The van der Waals surface area contributed by atoms with E-state index in [-0.39, 0.29) is 0 Å². The summed E-state index contributed by atoms with van der Waals surface area (Å²) in [6, 6.07) is 0. The third-order valence-corrected chi connectivity index (χ3v) is 1.41. The van der Waals surface area contributed by atoms with Crippen LogP contribution in [0.15, 0.2) is 12.2 Å². The molecule has 1 aliphatic heterocycles. The van der Waals surface area contributed by atoms with Gasteiger partial charge in [-0.3, -0.25) is 0 Å². The van der Waals surface area contributed by atoms with Crippen molar-refractivity contribution in [2.45, 2.75) is 12.5 Å². The van der Waals surface area contributed by atoms with E-state index in [4.69, 9.17) is 0 Å². The predicted molar refractivity (Wildman–Crippen MR) is 31.1 cm³/mol. The molecule has 1 N–H and O–H groups in total. The molecule has 0 aliphatic carbocycles. The van der Waals surface area contributed by atoms with Crippen LogP contribution in [0.1, 0.15) is 6.42 Å². The van der Waals surface area contributed by atoms with E-state index in [0.717, 1.165) is 18.5 Å². The lowest BCUT2D eigenvalue weighted by Gasteiger charge is -2.17. The highest BCUT2D eigenvalue weighted by atomic mass is 16.3. The lowest BCUT2D eigenvalue weighted by molar-refractivity contribution is 0.107. The normalized spacial score (nSPS) is 30.6. The van der Waals surface area contributed by atoms with E-state index in [2.05, 4.69) is 11.9 Å². The molecule has 0 bridgehead atoms. The fraction of sp³-hybridized carbons (Fsp3) is 0.667. The van der Waals surface area contributed by atoms with Gasteiger partial charge in [-0.05, 0) is 18.5 Å². The molecule has 1 saturated heterocycles. The van der Waals surface area contributed by atoms with Crippen LogP contribution in [0.2, 0.25) is 0 Å². The van der Waals surface area contributed by atoms with E-state index in [0.29, 0.717) is 6.54 Å². The van der Waals surface area contributed by atoms with Crippen molar-refractivity contribution in [3.8, 4) is 0 Å². The molecule has 1 radical (unpaired) electrons. The van der Waals surface area contributed by atoms with Gasteiger partial charge in [-0.25, -0.2) is 5.11 Å². The summed E-state index contributed by atoms with van der Waals surface area (Å²) >= 11 is 0. The number of nitrogens with one attached hydrogen (secondary N) is 1. The van der Waals surface area contributed by atoms with Crippen LogP contribution in [0.4, 0.5) is 0 Å². The van der Waals surface area contributed by atoms with Crippen molar-refractivity contribution in [3.63, 3.8) is 0 Å². The fourth-order valence-corrected chi connectivity index (χ4v) is 0.787. The van der Waals surface area contributed by atoms with Gasteiger partial charge in [0.2, 0.25) is 0 Å². The molecule has 0 aromatic heterocycles. The molecule has 0 unspecified atom stereocenters. The Morgan fingerprint density at radius 3 is 2.88 bits per heavy atom. The largest absolute Gasteiger partial charge is 0.313 e. The number of hydrogen-bond donors (Lipinski definition) is 1. The Hall–Kier alpha value is -0.340. The molecule has 0 aromatic rings. The molecule has 45 valence electrons. The van der Waals surface area contributed by atoms with Gasteiger partial charge in [0.1, 0.15) is 6.10 Å². The van der Waals surface area contributed by atoms with Crippen LogP contribution in [0.25, 0.3) is 0 Å². The number of hydrogen-bond acceptors (Lipinski definition) is 1. The van der Waals surface area contributed by atoms with Crippen LogP contribution in [-0.2, 0) is 5.11 Å². The van der Waals surface area contributed by atoms with Crippen LogP contribution < -0.4 is 5.32 Å². The summed E-state index contributed by atoms with van der Waals surface area (Å²) in [5, 5.41) is 13.7. The molecule has 0 saturated carbocycles. The van der Waals surface area contributed by atoms with E-state index in [9.17, 15) is 5.11 Å². The Labute approximate surface area is 49.2 Å². The second-order valence-corrected chi connectivity index (χ2v) is 2.10. The molecule has 0 amide bonds. The molecule has 1 rings (SSSR count). The summed E-state index contributed by atoms with van der Waals surface area (Å²) in [7, 11) is 0. The van der Waals surface area contributed by atoms with Crippen molar-refractivity contribution < 1.29 is 5.11 Å². The Morgan fingerprint density at radius 1 is 1.75 bits per heavy atom. The molecule has 1 heterocycles. The highest BCUT2D eigenvalue weighted by molar-refractivity contribution is 5.05. The first-order valence-electron chi connectivity index (χ1n) is 2.85. The average Bonchev–Trinajstić information content (AvgIpc) is 1.77. The molecular formula is C6H10NO. The maximum Gasteiger partial charge on any atom is 0.126 e. The van der Waals surface area contributed by atoms with Gasteiger partial charge >= 0.3 is 0 Å². The van der Waals surface area contributed by atoms with Gasteiger partial charge in [0.15, 0.2) is 0 Å². The van der Waals surface area contributed by atoms with E-state index >= 15 is 0 Å². The second-order valence-electron chi connectivity index (χ2n) is 2.10. The van der Waals surface area contributed by atoms with E-state index in [1.807, 2.05) is 0 Å². The van der Waals surface area contributed by atoms with E-state index in [1.54, 1.807) is 0 Å². The van der Waals surface area contributed by atoms with Crippen molar-refractivity contribution in [2.75, 3.05) is 13.1 Å². The van der Waals surface area contributed by atoms with Crippen LogP contribution in [0.3, 0.4) is 0 Å². The molecule has 2 nitrogen and oxygen atoms in total. The van der Waals surface area contributed by atoms with Gasteiger partial charge in [0, 0.05) is 6.54 Å². The molecule has 0 spiro atoms. The number of piperidine rings is 1. The highest BCUT2D eigenvalue weighted by Gasteiger charge is 2.13. The van der Waals surface area contributed by atoms with Gasteiger partial charge in [0.05, 0.1) is 0 Å². The van der Waals surface area contributed by atoms with Crippen LogP contribution >= 0.6 is 0 Å². The Morgan fingerprint density at radius 2 is 2.50 bits per heavy atom. The number of rotatable bonds is 0. The first-order valence-corrected chi connectivity index (χ1v) is 2.85. The highest BCUT2D eigenvalue weighted by Crippen LogP contribution is 2.07. The molecule has 2 heteroatoms. The van der Waals surface area contributed by atoms with Gasteiger partial charge < -0.3 is 5.32 Å². The molecule has 1 aliphatic rings. The fourth-order valence-electron chi connectivity index (χ4n) is 0.787. The maximum absolute atomic E-state index is 10.7. The zero-order valence-corrected chi connectivity index (χ0v) is 4.81. The monoisotopic (exact) mass is 112 g/mol. The third kappa shape index (κ3) is 1.08. The zero-order chi connectivity index (χ0) is 5.98. The summed E-state index contributed by atoms with van der Waals surface area (Å²) in [6.45, 7) is 5.14. The smallest absolute Gasteiger partial charge is 0.126 e. The standard InChI is InChI=1S/C6H10NO/c1-5-2-3-7-4-6(5)8/h6-7H,1-4H2/t6-/m1/s1. The second kappa shape index (κ2) is 2.29. The summed E-state index contributed by atoms with van der Waals surface area (Å²) in [5.74, 6) is 0. The van der Waals surface area contributed by atoms with Crippen molar-refractivity contribution in [3.05, 3.63) is 12.2 Å². The quantitative estimate of drug-likeness (QED) is 0.450. The van der Waals surface area contributed by atoms with Gasteiger partial charge in [-0.2, -0.15) is 0 Å². The predicted octanol–water partition coefficient (Wildman–Crippen LogP) is 0.335. The molecule has 1 atom stereocenters. The maximum atomic E-state index is 10.7. The third-order valence-electron chi connectivity index (χ3n) is 1.41. The lowest BCUT2D eigenvalue weighted by Crippen LogP contribution is -2.33. The summed E-state index contributed by atoms with van der Waals surface area (Å²) in [5.41, 5.74) is 0.851. The minimum atomic E-state index is -0.552. The van der Waals surface area contributed by atoms with Crippen LogP contribution in [0.5, 0.6) is 0 Å². The summed E-state index contributed by atoms with van der Waals surface area (Å²) < 4.78 is 0. The first-order chi connectivity index (χ1) is 3.80. The van der Waals surface area contributed by atoms with Gasteiger partial charge in [-0.15, -0.1) is 0 Å². The van der Waals surface area contributed by atoms with Gasteiger partial charge in [-0.1, -0.05) is 6.58 Å². The minimum absolute atomic E-state index is 0.552. The Kier molecular flexibility index (Phi) is 1.65. The van der Waals surface area contributed by atoms with E-state index < -0.39 is 6.10 Å². The lowest BCUT2D eigenvalue weighted by atomic mass is 10.1.